The van der Waals surface area contributed by atoms with Gasteiger partial charge in [0.2, 0.25) is 0 Å². The first-order chi connectivity index (χ1) is 10.5. The molecule has 0 spiro atoms. The van der Waals surface area contributed by atoms with Gasteiger partial charge in [0.15, 0.2) is 0 Å². The topological polar surface area (TPSA) is 62.3 Å². The highest BCUT2D eigenvalue weighted by Gasteiger charge is 2.48. The van der Waals surface area contributed by atoms with Gasteiger partial charge in [-0.15, -0.1) is 0 Å². The number of imide groups is 1. The number of halogens is 1. The van der Waals surface area contributed by atoms with Crippen LogP contribution in [-0.4, -0.2) is 21.8 Å². The van der Waals surface area contributed by atoms with Crippen LogP contribution in [-0.2, 0) is 16.9 Å². The number of nitrogens with zero attached hydrogens (tertiary/aromatic N) is 2. The number of aromatic nitrogens is 1. The average Bonchev–Trinajstić information content (AvgIpc) is 2.73. The molecule has 3 amide bonds. The Kier molecular flexibility index (Phi) is 3.36. The highest BCUT2D eigenvalue weighted by atomic mass is 19.1. The van der Waals surface area contributed by atoms with Gasteiger partial charge in [0.05, 0.1) is 6.54 Å². The fourth-order valence-corrected chi connectivity index (χ4v) is 2.49. The Hall–Kier alpha value is -2.76. The fourth-order valence-electron chi connectivity index (χ4n) is 2.49. The lowest BCUT2D eigenvalue weighted by atomic mass is 9.92. The predicted octanol–water partition coefficient (Wildman–Crippen LogP) is 2.19. The van der Waals surface area contributed by atoms with Crippen molar-refractivity contribution in [3.63, 3.8) is 0 Å². The number of urea groups is 1. The Bertz CT molecular complexity index is 718. The van der Waals surface area contributed by atoms with Crippen LogP contribution in [0.3, 0.4) is 0 Å². The van der Waals surface area contributed by atoms with Crippen LogP contribution in [0.2, 0.25) is 0 Å². The largest absolute Gasteiger partial charge is 0.325 e. The first-order valence-electron chi connectivity index (χ1n) is 6.80. The van der Waals surface area contributed by atoms with Crippen molar-refractivity contribution in [1.82, 2.24) is 15.2 Å². The molecule has 0 bridgehead atoms. The van der Waals surface area contributed by atoms with Crippen LogP contribution in [0.4, 0.5) is 9.18 Å². The Morgan fingerprint density at radius 1 is 1.23 bits per heavy atom. The molecule has 1 aromatic heterocycles. The monoisotopic (exact) mass is 299 g/mol. The van der Waals surface area contributed by atoms with Crippen molar-refractivity contribution in [2.24, 2.45) is 0 Å². The minimum absolute atomic E-state index is 0.148. The van der Waals surface area contributed by atoms with Crippen molar-refractivity contribution in [3.8, 4) is 0 Å². The molecule has 1 aromatic carbocycles. The molecule has 1 aliphatic heterocycles. The SMILES string of the molecule is C[C@]1(c2ccc(F)cc2)NC(=O)N(Cc2cccnc2)C1=O. The third kappa shape index (κ3) is 2.32. The summed E-state index contributed by atoms with van der Waals surface area (Å²) in [7, 11) is 0. The van der Waals surface area contributed by atoms with E-state index in [0.717, 1.165) is 10.5 Å². The first kappa shape index (κ1) is 14.2. The van der Waals surface area contributed by atoms with E-state index in [1.807, 2.05) is 0 Å². The van der Waals surface area contributed by atoms with Gasteiger partial charge < -0.3 is 5.32 Å². The summed E-state index contributed by atoms with van der Waals surface area (Å²) in [5, 5.41) is 2.68. The molecular formula is C16H14FN3O2. The lowest BCUT2D eigenvalue weighted by molar-refractivity contribution is -0.131. The Labute approximate surface area is 126 Å². The Balaban J connectivity index is 1.89. The van der Waals surface area contributed by atoms with Crippen molar-refractivity contribution in [3.05, 3.63) is 65.7 Å². The molecule has 2 heterocycles. The van der Waals surface area contributed by atoms with Crippen LogP contribution in [0.1, 0.15) is 18.1 Å². The number of amides is 3. The van der Waals surface area contributed by atoms with Gasteiger partial charge in [0.25, 0.3) is 5.91 Å². The summed E-state index contributed by atoms with van der Waals surface area (Å²) in [4.78, 5) is 29.9. The van der Waals surface area contributed by atoms with Crippen LogP contribution >= 0.6 is 0 Å². The molecule has 112 valence electrons. The number of carbonyl (C=O) groups excluding carboxylic acids is 2. The van der Waals surface area contributed by atoms with Gasteiger partial charge in [-0.1, -0.05) is 18.2 Å². The first-order valence-corrected chi connectivity index (χ1v) is 6.80. The van der Waals surface area contributed by atoms with E-state index in [0.29, 0.717) is 5.56 Å². The zero-order valence-electron chi connectivity index (χ0n) is 11.9. The van der Waals surface area contributed by atoms with E-state index in [1.54, 1.807) is 31.5 Å². The van der Waals surface area contributed by atoms with E-state index >= 15 is 0 Å². The second-order valence-corrected chi connectivity index (χ2v) is 5.31. The van der Waals surface area contributed by atoms with Gasteiger partial charge in [-0.25, -0.2) is 9.18 Å². The number of benzene rings is 1. The van der Waals surface area contributed by atoms with Gasteiger partial charge in [-0.3, -0.25) is 14.7 Å². The summed E-state index contributed by atoms with van der Waals surface area (Å²) in [5.41, 5.74) is 0.114. The van der Waals surface area contributed by atoms with E-state index in [1.165, 1.54) is 24.3 Å². The second kappa shape index (κ2) is 5.22. The predicted molar refractivity (Wildman–Crippen MR) is 77.1 cm³/mol. The zero-order valence-corrected chi connectivity index (χ0v) is 11.9. The van der Waals surface area contributed by atoms with Crippen molar-refractivity contribution < 1.29 is 14.0 Å². The summed E-state index contributed by atoms with van der Waals surface area (Å²) in [5.74, 6) is -0.760. The third-order valence-electron chi connectivity index (χ3n) is 3.76. The fraction of sp³-hybridized carbons (Fsp3) is 0.188. The molecule has 0 unspecified atom stereocenters. The smallest absolute Gasteiger partial charge is 0.319 e. The van der Waals surface area contributed by atoms with Crippen molar-refractivity contribution >= 4 is 11.9 Å². The molecule has 1 fully saturated rings. The minimum Gasteiger partial charge on any atom is -0.319 e. The number of rotatable bonds is 3. The number of pyridine rings is 1. The number of hydrogen-bond acceptors (Lipinski definition) is 3. The molecule has 2 aromatic rings. The lowest BCUT2D eigenvalue weighted by Crippen LogP contribution is -2.40. The highest BCUT2D eigenvalue weighted by molar-refractivity contribution is 6.07. The molecule has 22 heavy (non-hydrogen) atoms. The molecule has 5 nitrogen and oxygen atoms in total. The normalized spacial score (nSPS) is 21.1. The number of carbonyl (C=O) groups is 2. The third-order valence-corrected chi connectivity index (χ3v) is 3.76. The van der Waals surface area contributed by atoms with Crippen LogP contribution in [0, 0.1) is 5.82 Å². The number of hydrogen-bond donors (Lipinski definition) is 1. The molecule has 0 aliphatic carbocycles. The molecular weight excluding hydrogens is 285 g/mol. The molecule has 1 saturated heterocycles. The maximum atomic E-state index is 13.0. The quantitative estimate of drug-likeness (QED) is 0.884. The van der Waals surface area contributed by atoms with Crippen molar-refractivity contribution in [2.45, 2.75) is 19.0 Å². The second-order valence-electron chi connectivity index (χ2n) is 5.31. The lowest BCUT2D eigenvalue weighted by Gasteiger charge is -2.22. The van der Waals surface area contributed by atoms with Gasteiger partial charge in [0, 0.05) is 12.4 Å². The Morgan fingerprint density at radius 2 is 1.95 bits per heavy atom. The molecule has 3 rings (SSSR count). The van der Waals surface area contributed by atoms with Crippen LogP contribution in [0.15, 0.2) is 48.8 Å². The van der Waals surface area contributed by atoms with Crippen molar-refractivity contribution in [2.75, 3.05) is 0 Å². The summed E-state index contributed by atoms with van der Waals surface area (Å²) < 4.78 is 13.0. The molecule has 1 N–H and O–H groups in total. The van der Waals surface area contributed by atoms with Crippen LogP contribution in [0.5, 0.6) is 0 Å². The molecule has 1 atom stereocenters. The van der Waals surface area contributed by atoms with Gasteiger partial charge in [-0.05, 0) is 36.2 Å². The Morgan fingerprint density at radius 3 is 2.59 bits per heavy atom. The standard InChI is InChI=1S/C16H14FN3O2/c1-16(12-4-6-13(17)7-5-12)14(21)20(15(22)19-16)10-11-3-2-8-18-9-11/h2-9H,10H2,1H3,(H,19,22)/t16-/m1/s1. The van der Waals surface area contributed by atoms with Crippen molar-refractivity contribution in [1.29, 1.82) is 0 Å². The van der Waals surface area contributed by atoms with E-state index < -0.39 is 17.4 Å². The summed E-state index contributed by atoms with van der Waals surface area (Å²) in [6.45, 7) is 1.76. The van der Waals surface area contributed by atoms with Gasteiger partial charge >= 0.3 is 6.03 Å². The van der Waals surface area contributed by atoms with E-state index in [-0.39, 0.29) is 12.5 Å². The van der Waals surface area contributed by atoms with E-state index in [9.17, 15) is 14.0 Å². The van der Waals surface area contributed by atoms with Gasteiger partial charge in [0.1, 0.15) is 11.4 Å². The van der Waals surface area contributed by atoms with Crippen LogP contribution < -0.4 is 5.32 Å². The van der Waals surface area contributed by atoms with E-state index in [4.69, 9.17) is 0 Å². The molecule has 0 radical (unpaired) electrons. The number of nitrogens with one attached hydrogen (secondary N) is 1. The minimum atomic E-state index is -1.19. The molecule has 0 saturated carbocycles. The summed E-state index contributed by atoms with van der Waals surface area (Å²) in [6, 6.07) is 8.60. The maximum absolute atomic E-state index is 13.0. The highest BCUT2D eigenvalue weighted by Crippen LogP contribution is 2.29. The summed E-state index contributed by atoms with van der Waals surface area (Å²) in [6.07, 6.45) is 3.23. The molecule has 1 aliphatic rings. The van der Waals surface area contributed by atoms with Gasteiger partial charge in [-0.2, -0.15) is 0 Å². The zero-order chi connectivity index (χ0) is 15.7. The molecule has 6 heteroatoms. The summed E-state index contributed by atoms with van der Waals surface area (Å²) >= 11 is 0. The van der Waals surface area contributed by atoms with Crippen LogP contribution in [0.25, 0.3) is 0 Å². The maximum Gasteiger partial charge on any atom is 0.325 e. The van der Waals surface area contributed by atoms with E-state index in [2.05, 4.69) is 10.3 Å². The average molecular weight is 299 g/mol.